The number of aryl methyl sites for hydroxylation is 1. The minimum absolute atomic E-state index is 0. The Hall–Kier alpha value is -0.950. The van der Waals surface area contributed by atoms with Gasteiger partial charge in [-0.1, -0.05) is 12.1 Å². The molecule has 0 spiro atoms. The lowest BCUT2D eigenvalue weighted by Crippen LogP contribution is -2.20. The van der Waals surface area contributed by atoms with Gasteiger partial charge in [0, 0.05) is 6.42 Å². The first-order valence-electron chi connectivity index (χ1n) is 4.76. The van der Waals surface area contributed by atoms with E-state index >= 15 is 0 Å². The highest BCUT2D eigenvalue weighted by molar-refractivity contribution is 7.89. The third-order valence-corrected chi connectivity index (χ3v) is 3.32. The van der Waals surface area contributed by atoms with Crippen LogP contribution in [0.4, 0.5) is 0 Å². The third kappa shape index (κ3) is 3.02. The topological polar surface area (TPSA) is 101 Å². The van der Waals surface area contributed by atoms with Crippen molar-refractivity contribution in [2.75, 3.05) is 6.61 Å². The van der Waals surface area contributed by atoms with E-state index < -0.39 is 22.7 Å². The van der Waals surface area contributed by atoms with Crippen molar-refractivity contribution in [2.24, 2.45) is 5.14 Å². The third-order valence-electron chi connectivity index (χ3n) is 2.32. The Bertz CT molecular complexity index is 470. The quantitative estimate of drug-likeness (QED) is 0.668. The molecule has 1 rings (SSSR count). The Labute approximate surface area is 94.6 Å². The molecule has 0 saturated carbocycles. The van der Waals surface area contributed by atoms with Gasteiger partial charge in [0.15, 0.2) is 0 Å². The van der Waals surface area contributed by atoms with E-state index in [4.69, 9.17) is 10.2 Å². The zero-order valence-electron chi connectivity index (χ0n) is 8.92. The van der Waals surface area contributed by atoms with E-state index in [2.05, 4.69) is 0 Å². The summed E-state index contributed by atoms with van der Waals surface area (Å²) in [5, 5.41) is 23.2. The van der Waals surface area contributed by atoms with Crippen molar-refractivity contribution >= 4 is 10.0 Å². The highest BCUT2D eigenvalue weighted by Crippen LogP contribution is 2.19. The number of hydrogen-bond acceptors (Lipinski definition) is 4. The number of nitrogens with two attached hydrogens (primary N) is 1. The summed E-state index contributed by atoms with van der Waals surface area (Å²) in [7, 11) is -3.80. The Balaban J connectivity index is 3.25. The molecular formula is C10H15NO4S. The molecule has 90 valence electrons. The normalized spacial score (nSPS) is 13.8. The molecule has 0 aliphatic heterocycles. The molecule has 0 bridgehead atoms. The van der Waals surface area contributed by atoms with Gasteiger partial charge in [-0.25, -0.2) is 13.6 Å². The van der Waals surface area contributed by atoms with Gasteiger partial charge < -0.3 is 10.2 Å². The van der Waals surface area contributed by atoms with Gasteiger partial charge in [0.2, 0.25) is 10.0 Å². The maximum atomic E-state index is 11.3. The molecular weight excluding hydrogens is 230 g/mol. The molecule has 0 unspecified atom stereocenters. The molecule has 5 nitrogen and oxygen atoms in total. The minimum Gasteiger partial charge on any atom is -0.394 e. The van der Waals surface area contributed by atoms with E-state index in [1.54, 1.807) is 19.1 Å². The molecule has 0 radical (unpaired) electrons. The summed E-state index contributed by atoms with van der Waals surface area (Å²) < 4.78 is 22.6. The molecule has 0 heterocycles. The van der Waals surface area contributed by atoms with Gasteiger partial charge in [-0.05, 0) is 24.1 Å². The predicted octanol–water partition coefficient (Wildman–Crippen LogP) is -0.462. The first-order valence-corrected chi connectivity index (χ1v) is 6.31. The lowest BCUT2D eigenvalue weighted by Gasteiger charge is -2.13. The van der Waals surface area contributed by atoms with Crippen LogP contribution in [0.15, 0.2) is 23.1 Å². The van der Waals surface area contributed by atoms with Gasteiger partial charge in [0.25, 0.3) is 0 Å². The molecule has 0 fully saturated rings. The molecule has 0 aliphatic rings. The van der Waals surface area contributed by atoms with Crippen LogP contribution in [0.3, 0.4) is 0 Å². The molecule has 4 N–H and O–H groups in total. The number of rotatable bonds is 4. The molecule has 0 saturated heterocycles. The summed E-state index contributed by atoms with van der Waals surface area (Å²) in [5.41, 5.74) is 1.17. The fraction of sp³-hybridized carbons (Fsp3) is 0.400. The van der Waals surface area contributed by atoms with E-state index in [0.29, 0.717) is 5.56 Å². The zero-order valence-corrected chi connectivity index (χ0v) is 9.74. The fourth-order valence-electron chi connectivity index (χ4n) is 1.50. The maximum absolute atomic E-state index is 11.3. The summed E-state index contributed by atoms with van der Waals surface area (Å²) in [4.78, 5) is 0. The first-order chi connectivity index (χ1) is 7.36. The molecule has 16 heavy (non-hydrogen) atoms. The Kier molecular flexibility index (Phi) is 4.03. The van der Waals surface area contributed by atoms with Crippen LogP contribution in [0.2, 0.25) is 0 Å². The van der Waals surface area contributed by atoms with E-state index in [0.717, 1.165) is 5.56 Å². The largest absolute Gasteiger partial charge is 0.394 e. The second kappa shape index (κ2) is 4.92. The van der Waals surface area contributed by atoms with Gasteiger partial charge >= 0.3 is 0 Å². The minimum atomic E-state index is -3.80. The number of benzene rings is 1. The van der Waals surface area contributed by atoms with Crippen molar-refractivity contribution in [3.05, 3.63) is 29.3 Å². The maximum Gasteiger partial charge on any atom is 0.238 e. The average molecular weight is 245 g/mol. The van der Waals surface area contributed by atoms with Crippen LogP contribution in [0.25, 0.3) is 0 Å². The van der Waals surface area contributed by atoms with Crippen LogP contribution < -0.4 is 5.14 Å². The average Bonchev–Trinajstić information content (AvgIpc) is 2.19. The van der Waals surface area contributed by atoms with E-state index in [9.17, 15) is 13.5 Å². The number of hydrogen-bond donors (Lipinski definition) is 3. The molecule has 0 aromatic heterocycles. The lowest BCUT2D eigenvalue weighted by molar-refractivity contribution is 0.0949. The first kappa shape index (κ1) is 13.1. The smallest absolute Gasteiger partial charge is 0.238 e. The lowest BCUT2D eigenvalue weighted by atomic mass is 10.0. The van der Waals surface area contributed by atoms with Crippen molar-refractivity contribution in [1.29, 1.82) is 0 Å². The van der Waals surface area contributed by atoms with Crippen molar-refractivity contribution in [3.63, 3.8) is 0 Å². The van der Waals surface area contributed by atoms with E-state index in [1.807, 2.05) is 0 Å². The molecule has 1 atom stereocenters. The van der Waals surface area contributed by atoms with E-state index in [-0.39, 0.29) is 11.3 Å². The van der Waals surface area contributed by atoms with Gasteiger partial charge in [-0.15, -0.1) is 0 Å². The Morgan fingerprint density at radius 2 is 2.06 bits per heavy atom. The second-order valence-electron chi connectivity index (χ2n) is 3.64. The summed E-state index contributed by atoms with van der Waals surface area (Å²) >= 11 is 0. The number of aliphatic hydroxyl groups excluding tert-OH is 2. The molecule has 0 amide bonds. The van der Waals surface area contributed by atoms with E-state index in [1.165, 1.54) is 6.07 Å². The van der Waals surface area contributed by atoms with Crippen LogP contribution in [-0.2, 0) is 16.4 Å². The standard InChI is InChI=1S/C10H15NO4S/c1-7-3-2-4-10(16(11,14)15)9(7)5-8(13)6-12/h2-4,8,12-13H,5-6H2,1H3,(H2,11,14,15)/t8-/m1/s1. The molecule has 6 heteroatoms. The van der Waals surface area contributed by atoms with Gasteiger partial charge in [-0.3, -0.25) is 0 Å². The number of aliphatic hydroxyl groups is 2. The van der Waals surface area contributed by atoms with Crippen molar-refractivity contribution in [3.8, 4) is 0 Å². The second-order valence-corrected chi connectivity index (χ2v) is 5.17. The van der Waals surface area contributed by atoms with Crippen molar-refractivity contribution < 1.29 is 18.6 Å². The summed E-state index contributed by atoms with van der Waals surface area (Å²) in [6.07, 6.45) is -0.920. The fourth-order valence-corrected chi connectivity index (χ4v) is 2.36. The molecule has 1 aromatic rings. The predicted molar refractivity (Wildman–Crippen MR) is 59.3 cm³/mol. The molecule has 0 aliphatic carbocycles. The van der Waals surface area contributed by atoms with Gasteiger partial charge in [-0.2, -0.15) is 0 Å². The highest BCUT2D eigenvalue weighted by Gasteiger charge is 2.17. The Morgan fingerprint density at radius 1 is 1.44 bits per heavy atom. The molecule has 1 aromatic carbocycles. The van der Waals surface area contributed by atoms with Crippen LogP contribution >= 0.6 is 0 Å². The van der Waals surface area contributed by atoms with Crippen LogP contribution in [-0.4, -0.2) is 31.3 Å². The Morgan fingerprint density at radius 3 is 2.56 bits per heavy atom. The number of primary sulfonamides is 1. The SMILES string of the molecule is Cc1cccc(S(N)(=O)=O)c1C[C@@H](O)CO. The van der Waals surface area contributed by atoms with Crippen molar-refractivity contribution in [2.45, 2.75) is 24.3 Å². The van der Waals surface area contributed by atoms with Crippen molar-refractivity contribution in [1.82, 2.24) is 0 Å². The zero-order chi connectivity index (χ0) is 12.3. The van der Waals surface area contributed by atoms with Gasteiger partial charge in [0.1, 0.15) is 0 Å². The van der Waals surface area contributed by atoms with Crippen LogP contribution in [0.1, 0.15) is 11.1 Å². The summed E-state index contributed by atoms with van der Waals surface area (Å²) in [6, 6.07) is 4.71. The highest BCUT2D eigenvalue weighted by atomic mass is 32.2. The monoisotopic (exact) mass is 245 g/mol. The number of sulfonamides is 1. The van der Waals surface area contributed by atoms with Crippen LogP contribution in [0.5, 0.6) is 0 Å². The van der Waals surface area contributed by atoms with Crippen LogP contribution in [0, 0.1) is 6.92 Å². The summed E-state index contributed by atoms with van der Waals surface area (Å²) in [6.45, 7) is 1.31. The van der Waals surface area contributed by atoms with Gasteiger partial charge in [0.05, 0.1) is 17.6 Å². The summed E-state index contributed by atoms with van der Waals surface area (Å²) in [5.74, 6) is 0.